The van der Waals surface area contributed by atoms with E-state index in [2.05, 4.69) is 5.32 Å². The fraction of sp³-hybridized carbons (Fsp3) is 0.667. The summed E-state index contributed by atoms with van der Waals surface area (Å²) < 4.78 is 0. The summed E-state index contributed by atoms with van der Waals surface area (Å²) in [4.78, 5) is 11.8. The number of nitrogens with zero attached hydrogens (tertiary/aromatic N) is 1. The third-order valence-electron chi connectivity index (χ3n) is 2.92. The summed E-state index contributed by atoms with van der Waals surface area (Å²) in [7, 11) is 1.91. The number of hydrogen-bond donors (Lipinski definition) is 1. The van der Waals surface area contributed by atoms with E-state index in [-0.39, 0.29) is 11.2 Å². The number of nitrogens with one attached hydrogen (secondary N) is 1. The lowest BCUT2D eigenvalue weighted by molar-refractivity contribution is -0.124. The second-order valence-corrected chi connectivity index (χ2v) is 4.76. The van der Waals surface area contributed by atoms with Gasteiger partial charge < -0.3 is 5.32 Å². The van der Waals surface area contributed by atoms with Crippen molar-refractivity contribution in [1.29, 1.82) is 5.26 Å². The Morgan fingerprint density at radius 1 is 1.67 bits per heavy atom. The van der Waals surface area contributed by atoms with Gasteiger partial charge in [-0.25, -0.2) is 0 Å². The van der Waals surface area contributed by atoms with Crippen molar-refractivity contribution in [1.82, 2.24) is 5.32 Å². The Bertz CT molecular complexity index is 323. The number of nitriles is 1. The van der Waals surface area contributed by atoms with Gasteiger partial charge in [-0.2, -0.15) is 5.26 Å². The first-order valence-electron chi connectivity index (χ1n) is 5.32. The fourth-order valence-electron chi connectivity index (χ4n) is 2.09. The van der Waals surface area contributed by atoms with E-state index in [0.29, 0.717) is 11.5 Å². The SMILES string of the molecule is CNCCC1C=C(C#N)C(=O)C(C)(C)C1. The molecule has 0 aromatic rings. The maximum absolute atomic E-state index is 11.8. The first kappa shape index (κ1) is 11.9. The van der Waals surface area contributed by atoms with Crippen LogP contribution in [0.2, 0.25) is 0 Å². The minimum absolute atomic E-state index is 0.00860. The van der Waals surface area contributed by atoms with Gasteiger partial charge in [0.1, 0.15) is 6.07 Å². The van der Waals surface area contributed by atoms with Gasteiger partial charge in [-0.1, -0.05) is 19.9 Å². The van der Waals surface area contributed by atoms with Gasteiger partial charge in [0.25, 0.3) is 0 Å². The molecule has 0 aliphatic heterocycles. The molecule has 0 radical (unpaired) electrons. The molecule has 0 saturated carbocycles. The summed E-state index contributed by atoms with van der Waals surface area (Å²) >= 11 is 0. The van der Waals surface area contributed by atoms with Crippen LogP contribution in [0, 0.1) is 22.7 Å². The monoisotopic (exact) mass is 206 g/mol. The molecule has 1 atom stereocenters. The molecular weight excluding hydrogens is 188 g/mol. The molecule has 1 aliphatic rings. The summed E-state index contributed by atoms with van der Waals surface area (Å²) in [5.74, 6) is 0.338. The highest BCUT2D eigenvalue weighted by molar-refractivity contribution is 6.03. The molecular formula is C12H18N2O. The number of carbonyl (C=O) groups is 1. The van der Waals surface area contributed by atoms with Crippen molar-refractivity contribution in [3.05, 3.63) is 11.6 Å². The number of ketones is 1. The van der Waals surface area contributed by atoms with Crippen LogP contribution in [0.1, 0.15) is 26.7 Å². The van der Waals surface area contributed by atoms with Crippen molar-refractivity contribution in [2.24, 2.45) is 11.3 Å². The molecule has 0 aromatic carbocycles. The van der Waals surface area contributed by atoms with Crippen molar-refractivity contribution in [3.8, 4) is 6.07 Å². The first-order valence-corrected chi connectivity index (χ1v) is 5.32. The minimum atomic E-state index is -0.377. The van der Waals surface area contributed by atoms with Crippen molar-refractivity contribution >= 4 is 5.78 Å². The number of hydrogen-bond acceptors (Lipinski definition) is 3. The summed E-state index contributed by atoms with van der Waals surface area (Å²) in [5.41, 5.74) is -0.0366. The van der Waals surface area contributed by atoms with Crippen LogP contribution in [-0.2, 0) is 4.79 Å². The van der Waals surface area contributed by atoms with E-state index in [0.717, 1.165) is 19.4 Å². The number of allylic oxidation sites excluding steroid dienone is 2. The molecule has 1 aliphatic carbocycles. The average Bonchev–Trinajstić information content (AvgIpc) is 2.19. The van der Waals surface area contributed by atoms with E-state index in [1.54, 1.807) is 0 Å². The Balaban J connectivity index is 2.83. The zero-order valence-electron chi connectivity index (χ0n) is 9.63. The fourth-order valence-corrected chi connectivity index (χ4v) is 2.09. The van der Waals surface area contributed by atoms with E-state index >= 15 is 0 Å². The molecule has 1 N–H and O–H groups in total. The van der Waals surface area contributed by atoms with Gasteiger partial charge in [-0.05, 0) is 32.4 Å². The van der Waals surface area contributed by atoms with Crippen LogP contribution in [-0.4, -0.2) is 19.4 Å². The topological polar surface area (TPSA) is 52.9 Å². The summed E-state index contributed by atoms with van der Waals surface area (Å²) in [6, 6.07) is 2.01. The standard InChI is InChI=1S/C12H18N2O/c1-12(2)7-9(4-5-14-3)6-10(8-13)11(12)15/h6,9,14H,4-5,7H2,1-3H3. The molecule has 0 aromatic heterocycles. The van der Waals surface area contributed by atoms with Crippen LogP contribution in [0.3, 0.4) is 0 Å². The van der Waals surface area contributed by atoms with Gasteiger partial charge in [0.2, 0.25) is 0 Å². The Hall–Kier alpha value is -1.14. The molecule has 0 spiro atoms. The summed E-state index contributed by atoms with van der Waals surface area (Å²) in [6.45, 7) is 4.77. The van der Waals surface area contributed by atoms with Crippen LogP contribution in [0.25, 0.3) is 0 Å². The van der Waals surface area contributed by atoms with E-state index in [1.165, 1.54) is 0 Å². The van der Waals surface area contributed by atoms with Crippen molar-refractivity contribution in [2.45, 2.75) is 26.7 Å². The van der Waals surface area contributed by atoms with Crippen LogP contribution in [0.15, 0.2) is 11.6 Å². The molecule has 0 bridgehead atoms. The van der Waals surface area contributed by atoms with Gasteiger partial charge in [-0.15, -0.1) is 0 Å². The van der Waals surface area contributed by atoms with Gasteiger partial charge in [0, 0.05) is 5.41 Å². The first-order chi connectivity index (χ1) is 7.01. The molecule has 1 unspecified atom stereocenters. The van der Waals surface area contributed by atoms with Crippen molar-refractivity contribution in [3.63, 3.8) is 0 Å². The van der Waals surface area contributed by atoms with Gasteiger partial charge in [-0.3, -0.25) is 4.79 Å². The summed E-state index contributed by atoms with van der Waals surface area (Å²) in [6.07, 6.45) is 3.67. The van der Waals surface area contributed by atoms with Crippen LogP contribution in [0.5, 0.6) is 0 Å². The Morgan fingerprint density at radius 2 is 2.33 bits per heavy atom. The minimum Gasteiger partial charge on any atom is -0.320 e. The maximum Gasteiger partial charge on any atom is 0.178 e. The van der Waals surface area contributed by atoms with E-state index in [1.807, 2.05) is 33.0 Å². The van der Waals surface area contributed by atoms with Gasteiger partial charge >= 0.3 is 0 Å². The highest BCUT2D eigenvalue weighted by Gasteiger charge is 2.36. The predicted octanol–water partition coefficient (Wildman–Crippen LogP) is 1.66. The number of carbonyl (C=O) groups excluding carboxylic acids is 1. The molecule has 3 heteroatoms. The highest BCUT2D eigenvalue weighted by Crippen LogP contribution is 2.36. The van der Waals surface area contributed by atoms with E-state index in [4.69, 9.17) is 5.26 Å². The second kappa shape index (κ2) is 4.59. The lowest BCUT2D eigenvalue weighted by atomic mass is 9.71. The van der Waals surface area contributed by atoms with Crippen LogP contribution in [0.4, 0.5) is 0 Å². The molecule has 0 heterocycles. The second-order valence-electron chi connectivity index (χ2n) is 4.76. The molecule has 0 fully saturated rings. The largest absolute Gasteiger partial charge is 0.320 e. The zero-order valence-corrected chi connectivity index (χ0v) is 9.63. The number of rotatable bonds is 3. The molecule has 3 nitrogen and oxygen atoms in total. The molecule has 0 saturated heterocycles. The van der Waals surface area contributed by atoms with E-state index in [9.17, 15) is 4.79 Å². The normalized spacial score (nSPS) is 24.5. The molecule has 1 rings (SSSR count). The highest BCUT2D eigenvalue weighted by atomic mass is 16.1. The quantitative estimate of drug-likeness (QED) is 0.764. The van der Waals surface area contributed by atoms with Crippen molar-refractivity contribution in [2.75, 3.05) is 13.6 Å². The zero-order chi connectivity index (χ0) is 11.5. The Labute approximate surface area is 91.2 Å². The van der Waals surface area contributed by atoms with Crippen molar-refractivity contribution < 1.29 is 4.79 Å². The van der Waals surface area contributed by atoms with Crippen LogP contribution < -0.4 is 5.32 Å². The average molecular weight is 206 g/mol. The van der Waals surface area contributed by atoms with E-state index < -0.39 is 0 Å². The Morgan fingerprint density at radius 3 is 2.87 bits per heavy atom. The smallest absolute Gasteiger partial charge is 0.178 e. The number of Topliss-reactive ketones (excluding diaryl/α,β-unsaturated/α-hetero) is 1. The molecule has 82 valence electrons. The third kappa shape index (κ3) is 2.66. The lowest BCUT2D eigenvalue weighted by Gasteiger charge is -2.31. The summed E-state index contributed by atoms with van der Waals surface area (Å²) in [5, 5.41) is 12.0. The molecule has 0 amide bonds. The van der Waals surface area contributed by atoms with Crippen LogP contribution >= 0.6 is 0 Å². The van der Waals surface area contributed by atoms with Gasteiger partial charge in [0.05, 0.1) is 5.57 Å². The predicted molar refractivity (Wildman–Crippen MR) is 59.1 cm³/mol. The van der Waals surface area contributed by atoms with Gasteiger partial charge in [0.15, 0.2) is 5.78 Å². The lowest BCUT2D eigenvalue weighted by Crippen LogP contribution is -2.33. The third-order valence-corrected chi connectivity index (χ3v) is 2.92. The maximum atomic E-state index is 11.8. The molecule has 15 heavy (non-hydrogen) atoms. The Kier molecular flexibility index (Phi) is 3.65.